The number of imidazole rings is 1. The topological polar surface area (TPSA) is 225 Å². The van der Waals surface area contributed by atoms with Crippen LogP contribution in [0.15, 0.2) is 65.9 Å². The van der Waals surface area contributed by atoms with Crippen molar-refractivity contribution in [1.29, 1.82) is 0 Å². The minimum Gasteiger partial charge on any atom is -0.453 e. The molecule has 2 aliphatic heterocycles. The fourth-order valence-electron chi connectivity index (χ4n) is 7.29. The molecular weight excluding hydrogens is 829 g/mol. The summed E-state index contributed by atoms with van der Waals surface area (Å²) in [5.74, 6) is 6.07. The van der Waals surface area contributed by atoms with Crippen LogP contribution in [0.25, 0.3) is 17.3 Å². The largest absolute Gasteiger partial charge is 0.453 e. The highest BCUT2D eigenvalue weighted by atomic mass is 32.2. The smallest absolute Gasteiger partial charge is 0.407 e. The molecule has 0 spiro atoms. The summed E-state index contributed by atoms with van der Waals surface area (Å²) in [6.07, 6.45) is 5.15. The number of aliphatic imine (C=N–C) groups is 1. The highest BCUT2D eigenvalue weighted by molar-refractivity contribution is 7.86. The Kier molecular flexibility index (Phi) is 16.1. The second-order valence-electron chi connectivity index (χ2n) is 16.1. The number of ether oxygens (including phenoxy) is 2. The number of carbonyl (C=O) groups is 4. The van der Waals surface area contributed by atoms with Gasteiger partial charge in [0, 0.05) is 57.6 Å². The number of methoxy groups -OCH3 is 2. The van der Waals surface area contributed by atoms with Gasteiger partial charge in [-0.15, -0.1) is 0 Å². The molecule has 338 valence electrons. The zero-order valence-electron chi connectivity index (χ0n) is 37.0. The van der Waals surface area contributed by atoms with Gasteiger partial charge < -0.3 is 40.6 Å². The van der Waals surface area contributed by atoms with Crippen molar-refractivity contribution in [3.63, 3.8) is 0 Å². The Morgan fingerprint density at radius 2 is 1.43 bits per heavy atom. The molecule has 4 amide bonds. The average Bonchev–Trinajstić information content (AvgIpc) is 3.97. The number of aromatic nitrogens is 2. The third kappa shape index (κ3) is 11.8. The van der Waals surface area contributed by atoms with Crippen molar-refractivity contribution in [1.82, 2.24) is 39.0 Å². The first-order chi connectivity index (χ1) is 29.9. The molecule has 2 saturated heterocycles. The van der Waals surface area contributed by atoms with Gasteiger partial charge in [-0.2, -0.15) is 17.0 Å². The average molecular weight is 887 g/mol. The maximum atomic E-state index is 13.8. The quantitative estimate of drug-likeness (QED) is 0.111. The van der Waals surface area contributed by atoms with Gasteiger partial charge in [0.2, 0.25) is 11.8 Å². The summed E-state index contributed by atoms with van der Waals surface area (Å²) in [6, 6.07) is 12.5. The maximum Gasteiger partial charge on any atom is 0.407 e. The minimum atomic E-state index is -3.82. The van der Waals surface area contributed by atoms with Gasteiger partial charge in [0.15, 0.2) is 0 Å². The van der Waals surface area contributed by atoms with Crippen molar-refractivity contribution in [2.75, 3.05) is 54.5 Å². The lowest BCUT2D eigenvalue weighted by Gasteiger charge is -2.42. The Bertz CT molecular complexity index is 2330. The molecule has 0 aliphatic carbocycles. The van der Waals surface area contributed by atoms with Crippen molar-refractivity contribution in [3.05, 3.63) is 83.4 Å². The van der Waals surface area contributed by atoms with E-state index in [-0.39, 0.29) is 49.3 Å². The molecule has 19 heteroatoms. The molecule has 0 bridgehead atoms. The van der Waals surface area contributed by atoms with Crippen LogP contribution in [0.5, 0.6) is 0 Å². The molecule has 0 saturated carbocycles. The molecule has 0 radical (unpaired) electrons. The fourth-order valence-corrected chi connectivity index (χ4v) is 8.39. The van der Waals surface area contributed by atoms with Crippen LogP contribution < -0.4 is 16.4 Å². The number of aromatic amines is 1. The zero-order valence-corrected chi connectivity index (χ0v) is 37.8. The summed E-state index contributed by atoms with van der Waals surface area (Å²) in [5.41, 5.74) is 10.6. The summed E-state index contributed by atoms with van der Waals surface area (Å²) >= 11 is 0. The number of alkyl carbamates (subject to hydrolysis) is 2. The zero-order chi connectivity index (χ0) is 46.0. The second-order valence-corrected chi connectivity index (χ2v) is 18.2. The first kappa shape index (κ1) is 47.8. The van der Waals surface area contributed by atoms with Crippen molar-refractivity contribution in [2.45, 2.75) is 64.7 Å². The number of benzene rings is 2. The first-order valence-electron chi connectivity index (χ1n) is 20.7. The van der Waals surface area contributed by atoms with Crippen molar-refractivity contribution in [3.8, 4) is 23.1 Å². The van der Waals surface area contributed by atoms with E-state index in [4.69, 9.17) is 15.2 Å². The van der Waals surface area contributed by atoms with Crippen LogP contribution in [0.3, 0.4) is 0 Å². The van der Waals surface area contributed by atoms with E-state index in [1.807, 2.05) is 62.4 Å². The lowest BCUT2D eigenvalue weighted by atomic mass is 10.0. The third-order valence-corrected chi connectivity index (χ3v) is 12.8. The van der Waals surface area contributed by atoms with Gasteiger partial charge in [0.05, 0.1) is 32.2 Å². The number of nitrogens with zero attached hydrogens (tertiary/aromatic N) is 6. The van der Waals surface area contributed by atoms with E-state index in [2.05, 4.69) is 37.4 Å². The fraction of sp³-hybridized carbons (Fsp3) is 0.455. The molecule has 2 aromatic carbocycles. The maximum absolute atomic E-state index is 13.8. The molecule has 0 unspecified atom stereocenters. The highest BCUT2D eigenvalue weighted by Gasteiger charge is 2.41. The van der Waals surface area contributed by atoms with Gasteiger partial charge in [-0.1, -0.05) is 63.8 Å². The van der Waals surface area contributed by atoms with E-state index >= 15 is 0 Å². The number of amidine groups is 1. The van der Waals surface area contributed by atoms with E-state index in [9.17, 15) is 27.6 Å². The lowest BCUT2D eigenvalue weighted by Crippen LogP contribution is -2.65. The SMILES string of the molecule is COC(=O)N[C@H](C(=O)N1CCN(S(=O)(=O)N(C)C)C[C@H]1C(N)=N/C=C/c1ccc(C#Cc2ccc(-c3cnc([C@@H]4CCCN4C(=O)[C@@H](NC(=O)OC)C(C)C)[nH]3)cc2)cc1)C(C)C. The molecule has 5 N–H and O–H groups in total. The molecule has 2 aliphatic rings. The van der Waals surface area contributed by atoms with Crippen LogP contribution in [0.4, 0.5) is 9.59 Å². The van der Waals surface area contributed by atoms with Gasteiger partial charge in [-0.3, -0.25) is 9.59 Å². The summed E-state index contributed by atoms with van der Waals surface area (Å²) < 4.78 is 37.9. The molecule has 3 heterocycles. The minimum absolute atomic E-state index is 0.0267. The van der Waals surface area contributed by atoms with E-state index in [0.29, 0.717) is 12.4 Å². The summed E-state index contributed by atoms with van der Waals surface area (Å²) in [7, 11) is 1.53. The van der Waals surface area contributed by atoms with E-state index in [1.165, 1.54) is 43.7 Å². The van der Waals surface area contributed by atoms with Gasteiger partial charge in [-0.25, -0.2) is 19.6 Å². The van der Waals surface area contributed by atoms with E-state index < -0.39 is 46.4 Å². The van der Waals surface area contributed by atoms with Crippen molar-refractivity contribution >= 4 is 46.1 Å². The number of piperazine rings is 1. The summed E-state index contributed by atoms with van der Waals surface area (Å²) in [6.45, 7) is 7.84. The number of hydrogen-bond donors (Lipinski definition) is 4. The number of nitrogens with one attached hydrogen (secondary N) is 3. The summed E-state index contributed by atoms with van der Waals surface area (Å²) in [5, 5.41) is 5.25. The van der Waals surface area contributed by atoms with Crippen LogP contribution in [-0.2, 0) is 29.3 Å². The Morgan fingerprint density at radius 3 is 1.97 bits per heavy atom. The van der Waals surface area contributed by atoms with Gasteiger partial charge in [0.25, 0.3) is 10.2 Å². The van der Waals surface area contributed by atoms with Crippen LogP contribution >= 0.6 is 0 Å². The Labute approximate surface area is 369 Å². The van der Waals surface area contributed by atoms with Gasteiger partial charge >= 0.3 is 12.2 Å². The van der Waals surface area contributed by atoms with Gasteiger partial charge in [-0.05, 0) is 66.1 Å². The number of amides is 4. The van der Waals surface area contributed by atoms with Crippen LogP contribution in [0.1, 0.15) is 69.1 Å². The number of H-pyrrole nitrogens is 1. The molecule has 3 aromatic rings. The third-order valence-electron chi connectivity index (χ3n) is 10.9. The Hall–Kier alpha value is -6.23. The predicted molar refractivity (Wildman–Crippen MR) is 239 cm³/mol. The molecule has 18 nitrogen and oxygen atoms in total. The number of carbonyl (C=O) groups excluding carboxylic acids is 4. The number of hydrogen-bond acceptors (Lipinski definition) is 10. The molecule has 1 aromatic heterocycles. The van der Waals surface area contributed by atoms with E-state index in [0.717, 1.165) is 45.1 Å². The highest BCUT2D eigenvalue weighted by Crippen LogP contribution is 2.33. The number of likely N-dealkylation sites (tertiary alicyclic amines) is 1. The second kappa shape index (κ2) is 21.2. The molecular formula is C44H58N10O8S. The van der Waals surface area contributed by atoms with E-state index in [1.54, 1.807) is 31.0 Å². The normalized spacial score (nSPS) is 18.3. The Morgan fingerprint density at radius 1 is 0.873 bits per heavy atom. The van der Waals surface area contributed by atoms with Crippen molar-refractivity contribution in [2.24, 2.45) is 22.6 Å². The standard InChI is InChI=1S/C44H58N10O8S/c1-28(2)37(49-43(57)61-7)41(55)53-23-9-10-35(53)40-47-26-34(48-40)33-19-17-31(18-20-33)12-11-30-13-15-32(16-14-30)21-22-46-39(45)36-27-52(63(59,60)51(5)6)24-25-54(36)42(56)38(29(3)4)50-44(58)62-8/h13-22,26,28-29,35-38H,9-10,23-25,27H2,1-8H3,(H2,45,46)(H,47,48)(H,49,57)(H,50,58)/b22-21+/t35-,36-,37-,38-/m0/s1. The summed E-state index contributed by atoms with van der Waals surface area (Å²) in [4.78, 5) is 67.0. The first-order valence-corrected chi connectivity index (χ1v) is 22.1. The predicted octanol–water partition coefficient (Wildman–Crippen LogP) is 3.55. The molecule has 63 heavy (non-hydrogen) atoms. The number of nitrogens with two attached hydrogens (primary N) is 1. The number of rotatable bonds is 13. The monoisotopic (exact) mass is 886 g/mol. The molecule has 5 rings (SSSR count). The Balaban J connectivity index is 1.24. The van der Waals surface area contributed by atoms with Crippen LogP contribution in [-0.4, -0.2) is 139 Å². The van der Waals surface area contributed by atoms with Crippen LogP contribution in [0, 0.1) is 23.7 Å². The lowest BCUT2D eigenvalue weighted by molar-refractivity contribution is -0.137. The van der Waals surface area contributed by atoms with Crippen molar-refractivity contribution < 1.29 is 37.1 Å². The molecule has 2 fully saturated rings. The van der Waals surface area contributed by atoms with Crippen LogP contribution in [0.2, 0.25) is 0 Å². The van der Waals surface area contributed by atoms with Gasteiger partial charge in [0.1, 0.15) is 29.8 Å². The molecule has 4 atom stereocenters.